The van der Waals surface area contributed by atoms with Crippen LogP contribution in [0.25, 0.3) is 53.9 Å². The summed E-state index contributed by atoms with van der Waals surface area (Å²) in [4.78, 5) is 57.0. The van der Waals surface area contributed by atoms with E-state index in [2.05, 4.69) is 59.2 Å². The lowest BCUT2D eigenvalue weighted by atomic mass is 9.91. The first kappa shape index (κ1) is 27.7. The van der Waals surface area contributed by atoms with E-state index in [-0.39, 0.29) is 27.8 Å². The second-order valence-corrected chi connectivity index (χ2v) is 9.51. The highest BCUT2D eigenvalue weighted by Gasteiger charge is 2.27. The van der Waals surface area contributed by atoms with E-state index in [4.69, 9.17) is 0 Å². The smallest absolute Gasteiger partial charge is 0.382 e. The largest absolute Gasteiger partial charge is 0.472 e. The first-order valence-corrected chi connectivity index (χ1v) is 12.5. The minimum atomic E-state index is -1.42. The zero-order chi connectivity index (χ0) is 32.2. The van der Waals surface area contributed by atoms with Crippen molar-refractivity contribution in [3.05, 3.63) is 58.1 Å². The van der Waals surface area contributed by atoms with Crippen molar-refractivity contribution >= 4 is 83.7 Å². The lowest BCUT2D eigenvalue weighted by molar-refractivity contribution is -0.131. The number of hydrogen-bond acceptors (Lipinski definition) is 5. The molecular weight excluding hydrogens is 580 g/mol. The number of hydrogen-bond donors (Lipinski definition) is 5. The van der Waals surface area contributed by atoms with Crippen LogP contribution in [-0.2, 0) is 24.0 Å². The fourth-order valence-electron chi connectivity index (χ4n) is 5.63. The van der Waals surface area contributed by atoms with Crippen molar-refractivity contribution in [1.82, 2.24) is 0 Å². The molecule has 0 heterocycles. The molecule has 0 amide bonds. The van der Waals surface area contributed by atoms with E-state index < -0.39 is 29.8 Å². The van der Waals surface area contributed by atoms with Gasteiger partial charge in [-0.15, -0.1) is 0 Å². The van der Waals surface area contributed by atoms with Crippen LogP contribution in [0.3, 0.4) is 0 Å². The van der Waals surface area contributed by atoms with Gasteiger partial charge in [0.15, 0.2) is 0 Å². The Balaban J connectivity index is 1.99. The molecule has 0 bridgehead atoms. The van der Waals surface area contributed by atoms with Gasteiger partial charge in [-0.25, -0.2) is 24.0 Å². The van der Waals surface area contributed by atoms with E-state index in [1.54, 1.807) is 0 Å². The van der Waals surface area contributed by atoms with Gasteiger partial charge in [-0.2, -0.15) is 0 Å². The summed E-state index contributed by atoms with van der Waals surface area (Å²) in [6, 6.07) is 7.70. The van der Waals surface area contributed by atoms with E-state index >= 15 is 0 Å². The zero-order valence-corrected chi connectivity index (χ0v) is 22.2. The molecule has 0 saturated heterocycles. The number of carboxylic acid groups (broad SMARTS) is 5. The van der Waals surface area contributed by atoms with E-state index in [9.17, 15) is 49.5 Å². The van der Waals surface area contributed by atoms with Gasteiger partial charge >= 0.3 is 29.8 Å². The molecule has 5 N–H and O–H groups in total. The molecule has 210 valence electrons. The minimum Gasteiger partial charge on any atom is -0.472 e. The molecule has 45 heavy (non-hydrogen) atoms. The first-order valence-electron chi connectivity index (χ1n) is 12.5. The van der Waals surface area contributed by atoms with Crippen LogP contribution in [0, 0.1) is 59.2 Å². The third kappa shape index (κ3) is 4.58. The Morgan fingerprint density at radius 1 is 0.333 bits per heavy atom. The molecule has 0 aliphatic carbocycles. The minimum absolute atomic E-state index is 0.208. The number of benzene rings is 5. The Labute approximate surface area is 250 Å². The molecule has 0 spiro atoms. The summed E-state index contributed by atoms with van der Waals surface area (Å²) in [5.41, 5.74) is 1.04. The monoisotopic (exact) mass is 590 g/mol. The zero-order valence-electron chi connectivity index (χ0n) is 22.2. The van der Waals surface area contributed by atoms with Gasteiger partial charge in [-0.3, -0.25) is 0 Å². The van der Waals surface area contributed by atoms with Gasteiger partial charge in [0.2, 0.25) is 0 Å². The van der Waals surface area contributed by atoms with E-state index in [0.717, 1.165) is 0 Å². The highest BCUT2D eigenvalue weighted by molar-refractivity contribution is 6.46. The summed E-state index contributed by atoms with van der Waals surface area (Å²) >= 11 is 0. The van der Waals surface area contributed by atoms with Crippen LogP contribution in [0.2, 0.25) is 0 Å². The van der Waals surface area contributed by atoms with Crippen LogP contribution in [0.4, 0.5) is 0 Å². The van der Waals surface area contributed by atoms with Gasteiger partial charge in [-0.05, 0) is 57.3 Å². The molecule has 0 aliphatic rings. The van der Waals surface area contributed by atoms with Gasteiger partial charge < -0.3 is 25.5 Å². The van der Waals surface area contributed by atoms with Crippen molar-refractivity contribution in [2.24, 2.45) is 0 Å². The maximum Gasteiger partial charge on any atom is 0.382 e. The lowest BCUT2D eigenvalue weighted by Gasteiger charge is -2.11. The highest BCUT2D eigenvalue weighted by Crippen LogP contribution is 2.51. The molecule has 0 aliphatic heterocycles. The highest BCUT2D eigenvalue weighted by atomic mass is 16.4. The molecule has 6 aromatic carbocycles. The Morgan fingerprint density at radius 3 is 0.622 bits per heavy atom. The van der Waals surface area contributed by atoms with Gasteiger partial charge in [0.25, 0.3) is 0 Å². The fraction of sp³-hybridized carbons (Fsp3) is 0. The molecule has 0 radical (unpaired) electrons. The summed E-state index contributed by atoms with van der Waals surface area (Å²) in [6.45, 7) is 0. The SMILES string of the molecule is O=C(O)C#Cc1cc2c(C#CC(=O)O)cc3c(C#CC(=O)O)cc4c(C#CC(=O)O)cc5c(C#CC(=O)O)cc1c1c5c4c3c21. The summed E-state index contributed by atoms with van der Waals surface area (Å²) in [5, 5.41) is 51.2. The summed E-state index contributed by atoms with van der Waals surface area (Å²) in [6.07, 6.45) is 0. The molecule has 0 fully saturated rings. The number of aliphatic carboxylic acids is 5. The standard InChI is InChI=1S/C35H10O10/c36-26(37)6-1-16-11-22-18(3-8-28(40)41)13-24-20(5-10-30(44)45)15-25-19(4-9-29(42)43)14-23-17(2-7-27(38)39)12-21(16)31-32(22)34(24)35(25)33(23)31/h11-15H,(H,36,37)(H,38,39)(H,40,41)(H,42,43)(H,44,45). The van der Waals surface area contributed by atoms with Crippen LogP contribution >= 0.6 is 0 Å². The third-order valence-corrected chi connectivity index (χ3v) is 7.01. The lowest BCUT2D eigenvalue weighted by Crippen LogP contribution is -1.93. The molecule has 10 nitrogen and oxygen atoms in total. The van der Waals surface area contributed by atoms with Gasteiger partial charge in [-0.1, -0.05) is 29.6 Å². The molecule has 0 unspecified atom stereocenters. The molecule has 10 heteroatoms. The van der Waals surface area contributed by atoms with Crippen LogP contribution in [0.15, 0.2) is 30.3 Å². The Morgan fingerprint density at radius 2 is 0.489 bits per heavy atom. The van der Waals surface area contributed by atoms with E-state index in [1.165, 1.54) is 30.3 Å². The topological polar surface area (TPSA) is 186 Å². The maximum absolute atomic E-state index is 11.4. The Hall–Kier alpha value is -7.45. The van der Waals surface area contributed by atoms with Crippen LogP contribution < -0.4 is 0 Å². The van der Waals surface area contributed by atoms with Crippen molar-refractivity contribution < 1.29 is 49.5 Å². The van der Waals surface area contributed by atoms with Crippen LogP contribution in [0.1, 0.15) is 27.8 Å². The second kappa shape index (κ2) is 10.1. The van der Waals surface area contributed by atoms with Gasteiger partial charge in [0, 0.05) is 84.4 Å². The first-order chi connectivity index (χ1) is 21.4. The molecular formula is C35H10O10. The number of carboxylic acids is 5. The average Bonchev–Trinajstić information content (AvgIpc) is 3.33. The predicted molar refractivity (Wildman–Crippen MR) is 160 cm³/mol. The predicted octanol–water partition coefficient (Wildman–Crippen LogP) is 2.95. The normalized spacial score (nSPS) is 10.2. The fourth-order valence-corrected chi connectivity index (χ4v) is 5.63. The Kier molecular flexibility index (Phi) is 6.23. The summed E-state index contributed by atoms with van der Waals surface area (Å²) in [7, 11) is 0. The molecule has 0 saturated carbocycles. The van der Waals surface area contributed by atoms with Crippen molar-refractivity contribution in [2.75, 3.05) is 0 Å². The number of rotatable bonds is 0. The second-order valence-electron chi connectivity index (χ2n) is 9.51. The van der Waals surface area contributed by atoms with Crippen LogP contribution in [0.5, 0.6) is 0 Å². The summed E-state index contributed by atoms with van der Waals surface area (Å²) in [5.74, 6) is 16.3. The molecule has 0 atom stereocenters. The van der Waals surface area contributed by atoms with Crippen LogP contribution in [-0.4, -0.2) is 55.4 Å². The third-order valence-electron chi connectivity index (χ3n) is 7.01. The van der Waals surface area contributed by atoms with Crippen molar-refractivity contribution in [3.8, 4) is 59.2 Å². The quantitative estimate of drug-likeness (QED) is 0.130. The van der Waals surface area contributed by atoms with E-state index in [1.807, 2.05) is 0 Å². The Bertz CT molecular complexity index is 2250. The van der Waals surface area contributed by atoms with Crippen molar-refractivity contribution in [2.45, 2.75) is 0 Å². The molecule has 0 aromatic heterocycles. The van der Waals surface area contributed by atoms with Gasteiger partial charge in [0.05, 0.1) is 0 Å². The molecule has 6 rings (SSSR count). The maximum atomic E-state index is 11.4. The van der Waals surface area contributed by atoms with E-state index in [0.29, 0.717) is 53.9 Å². The summed E-state index contributed by atoms with van der Waals surface area (Å²) < 4.78 is 0. The van der Waals surface area contributed by atoms with Crippen molar-refractivity contribution in [1.29, 1.82) is 0 Å². The number of carbonyl (C=O) groups is 5. The molecule has 6 aromatic rings. The van der Waals surface area contributed by atoms with Gasteiger partial charge in [0.1, 0.15) is 0 Å². The average molecular weight is 590 g/mol. The van der Waals surface area contributed by atoms with Crippen molar-refractivity contribution in [3.63, 3.8) is 0 Å².